The van der Waals surface area contributed by atoms with E-state index in [-0.39, 0.29) is 5.91 Å². The minimum absolute atomic E-state index is 0.234. The van der Waals surface area contributed by atoms with Crippen molar-refractivity contribution in [2.45, 2.75) is 0 Å². The first-order chi connectivity index (χ1) is 9.22. The van der Waals surface area contributed by atoms with E-state index in [1.807, 2.05) is 6.07 Å². The Kier molecular flexibility index (Phi) is 2.52. The predicted octanol–water partition coefficient (Wildman–Crippen LogP) is 1.89. The molecule has 0 saturated heterocycles. The van der Waals surface area contributed by atoms with E-state index >= 15 is 0 Å². The molecule has 19 heavy (non-hydrogen) atoms. The minimum Gasteiger partial charge on any atom is -0.354 e. The Morgan fingerprint density at radius 1 is 1.26 bits per heavy atom. The van der Waals surface area contributed by atoms with Crippen LogP contribution in [-0.4, -0.2) is 29.2 Å². The van der Waals surface area contributed by atoms with Crippen molar-refractivity contribution >= 4 is 34.0 Å². The molecule has 94 valence electrons. The molecule has 3 rings (SSSR count). The van der Waals surface area contributed by atoms with Crippen LogP contribution in [0.4, 0.5) is 0 Å². The number of hydrogen-bond acceptors (Lipinski definition) is 3. The van der Waals surface area contributed by atoms with Crippen LogP contribution in [0.1, 0.15) is 20.8 Å². The van der Waals surface area contributed by atoms with Crippen molar-refractivity contribution < 1.29 is 9.59 Å². The van der Waals surface area contributed by atoms with E-state index in [2.05, 4.69) is 15.3 Å². The Balaban J connectivity index is 2.32. The molecule has 0 saturated carbocycles. The number of aromatic amines is 1. The largest absolute Gasteiger partial charge is 0.354 e. The van der Waals surface area contributed by atoms with Crippen molar-refractivity contribution in [3.8, 4) is 0 Å². The zero-order valence-electron chi connectivity index (χ0n) is 10.2. The smallest absolute Gasteiger partial charge is 0.269 e. The number of carbonyl (C=O) groups excluding carboxylic acids is 2. The summed E-state index contributed by atoms with van der Waals surface area (Å²) in [5.74, 6) is -0.234. The molecule has 0 unspecified atom stereocenters. The summed E-state index contributed by atoms with van der Waals surface area (Å²) in [6, 6.07) is 7.12. The highest BCUT2D eigenvalue weighted by atomic mass is 16.1. The summed E-state index contributed by atoms with van der Waals surface area (Å²) < 4.78 is 0. The van der Waals surface area contributed by atoms with Crippen LogP contribution in [0.3, 0.4) is 0 Å². The maximum absolute atomic E-state index is 11.6. The van der Waals surface area contributed by atoms with Gasteiger partial charge in [0, 0.05) is 28.9 Å². The molecule has 0 fully saturated rings. The minimum atomic E-state index is -0.234. The van der Waals surface area contributed by atoms with Crippen LogP contribution in [0.15, 0.2) is 30.5 Å². The highest BCUT2D eigenvalue weighted by Crippen LogP contribution is 2.26. The Morgan fingerprint density at radius 3 is 2.79 bits per heavy atom. The molecule has 0 aliphatic heterocycles. The van der Waals surface area contributed by atoms with E-state index in [0.717, 1.165) is 28.1 Å². The Hall–Kier alpha value is -2.69. The van der Waals surface area contributed by atoms with Gasteiger partial charge in [0.15, 0.2) is 0 Å². The normalized spacial score (nSPS) is 10.8. The summed E-state index contributed by atoms with van der Waals surface area (Å²) in [6.45, 7) is 0. The molecule has 1 amide bonds. The summed E-state index contributed by atoms with van der Waals surface area (Å²) in [7, 11) is 1.56. The lowest BCUT2D eigenvalue weighted by atomic mass is 10.1. The first kappa shape index (κ1) is 11.4. The maximum atomic E-state index is 11.6. The lowest BCUT2D eigenvalue weighted by Crippen LogP contribution is -2.18. The number of aldehydes is 1. The fourth-order valence-electron chi connectivity index (χ4n) is 2.14. The molecule has 0 bridgehead atoms. The van der Waals surface area contributed by atoms with E-state index < -0.39 is 0 Å². The van der Waals surface area contributed by atoms with Crippen LogP contribution in [-0.2, 0) is 0 Å². The van der Waals surface area contributed by atoms with Crippen molar-refractivity contribution in [3.05, 3.63) is 41.7 Å². The molecule has 0 radical (unpaired) electrons. The zero-order chi connectivity index (χ0) is 13.4. The number of fused-ring (bicyclic) bond motifs is 3. The van der Waals surface area contributed by atoms with Crippen molar-refractivity contribution in [2.75, 3.05) is 7.05 Å². The lowest BCUT2D eigenvalue weighted by Gasteiger charge is -1.98. The van der Waals surface area contributed by atoms with Gasteiger partial charge in [-0.25, -0.2) is 4.98 Å². The number of hydrogen-bond donors (Lipinski definition) is 2. The highest BCUT2D eigenvalue weighted by molar-refractivity contribution is 6.10. The number of H-pyrrole nitrogens is 1. The van der Waals surface area contributed by atoms with Crippen molar-refractivity contribution in [1.29, 1.82) is 0 Å². The summed E-state index contributed by atoms with van der Waals surface area (Å²) in [6.07, 6.45) is 2.43. The standard InChI is InChI=1S/C14H11N3O2/c1-15-14(19)12-5-10-9-4-8(7-18)2-3-11(9)17-13(10)6-16-12/h2-7,17H,1H3,(H,15,19). The number of rotatable bonds is 2. The quantitative estimate of drug-likeness (QED) is 0.685. The Bertz CT molecular complexity index is 805. The van der Waals surface area contributed by atoms with E-state index in [9.17, 15) is 9.59 Å². The molecule has 0 aliphatic rings. The van der Waals surface area contributed by atoms with Gasteiger partial charge < -0.3 is 10.3 Å². The molecule has 2 aromatic heterocycles. The second-order valence-electron chi connectivity index (χ2n) is 4.24. The molecule has 2 N–H and O–H groups in total. The fourth-order valence-corrected chi connectivity index (χ4v) is 2.14. The van der Waals surface area contributed by atoms with Gasteiger partial charge in [0.05, 0.1) is 11.7 Å². The third-order valence-corrected chi connectivity index (χ3v) is 3.10. The second kappa shape index (κ2) is 4.20. The number of pyridine rings is 1. The highest BCUT2D eigenvalue weighted by Gasteiger charge is 2.10. The van der Waals surface area contributed by atoms with E-state index in [1.54, 1.807) is 31.4 Å². The summed E-state index contributed by atoms with van der Waals surface area (Å²) >= 11 is 0. The number of aromatic nitrogens is 2. The van der Waals surface area contributed by atoms with Gasteiger partial charge in [-0.05, 0) is 24.3 Å². The molecular formula is C14H11N3O2. The van der Waals surface area contributed by atoms with Crippen LogP contribution in [0.2, 0.25) is 0 Å². The number of carbonyl (C=O) groups is 2. The van der Waals surface area contributed by atoms with Gasteiger partial charge in [0.2, 0.25) is 0 Å². The molecule has 0 atom stereocenters. The number of nitrogens with one attached hydrogen (secondary N) is 2. The molecule has 0 aliphatic carbocycles. The van der Waals surface area contributed by atoms with Crippen LogP contribution in [0.25, 0.3) is 21.8 Å². The molecule has 3 aromatic rings. The van der Waals surface area contributed by atoms with Crippen LogP contribution in [0, 0.1) is 0 Å². The number of amides is 1. The zero-order valence-corrected chi connectivity index (χ0v) is 10.2. The van der Waals surface area contributed by atoms with Crippen molar-refractivity contribution in [1.82, 2.24) is 15.3 Å². The Labute approximate surface area is 108 Å². The summed E-state index contributed by atoms with van der Waals surface area (Å²) in [5, 5.41) is 4.33. The first-order valence-corrected chi connectivity index (χ1v) is 5.81. The molecule has 5 nitrogen and oxygen atoms in total. The third kappa shape index (κ3) is 1.76. The van der Waals surface area contributed by atoms with Gasteiger partial charge in [-0.3, -0.25) is 9.59 Å². The van der Waals surface area contributed by atoms with Crippen LogP contribution >= 0.6 is 0 Å². The predicted molar refractivity (Wildman–Crippen MR) is 72.4 cm³/mol. The van der Waals surface area contributed by atoms with Crippen LogP contribution < -0.4 is 5.32 Å². The number of nitrogens with zero attached hydrogens (tertiary/aromatic N) is 1. The van der Waals surface area contributed by atoms with E-state index in [0.29, 0.717) is 11.3 Å². The van der Waals surface area contributed by atoms with Crippen molar-refractivity contribution in [2.24, 2.45) is 0 Å². The Morgan fingerprint density at radius 2 is 2.05 bits per heavy atom. The summed E-state index contributed by atoms with van der Waals surface area (Å²) in [5.41, 5.74) is 2.71. The van der Waals surface area contributed by atoms with Gasteiger partial charge in [-0.15, -0.1) is 0 Å². The van der Waals surface area contributed by atoms with Gasteiger partial charge in [0.1, 0.15) is 12.0 Å². The third-order valence-electron chi connectivity index (χ3n) is 3.10. The fraction of sp³-hybridized carbons (Fsp3) is 0.0714. The molecule has 0 spiro atoms. The maximum Gasteiger partial charge on any atom is 0.269 e. The molecule has 5 heteroatoms. The molecule has 2 heterocycles. The van der Waals surface area contributed by atoms with Gasteiger partial charge in [-0.1, -0.05) is 0 Å². The van der Waals surface area contributed by atoms with Crippen LogP contribution in [0.5, 0.6) is 0 Å². The van der Waals surface area contributed by atoms with Gasteiger partial charge in [0.25, 0.3) is 5.91 Å². The number of benzene rings is 1. The van der Waals surface area contributed by atoms with Gasteiger partial charge in [-0.2, -0.15) is 0 Å². The lowest BCUT2D eigenvalue weighted by molar-refractivity contribution is 0.0958. The summed E-state index contributed by atoms with van der Waals surface area (Å²) in [4.78, 5) is 29.7. The van der Waals surface area contributed by atoms with Crippen molar-refractivity contribution in [3.63, 3.8) is 0 Å². The molecular weight excluding hydrogens is 242 g/mol. The first-order valence-electron chi connectivity index (χ1n) is 5.81. The van der Waals surface area contributed by atoms with E-state index in [4.69, 9.17) is 0 Å². The SMILES string of the molecule is CNC(=O)c1cc2c(cn1)[nH]c1ccc(C=O)cc12. The topological polar surface area (TPSA) is 74.8 Å². The average Bonchev–Trinajstić information content (AvgIpc) is 2.83. The molecule has 1 aromatic carbocycles. The monoisotopic (exact) mass is 253 g/mol. The average molecular weight is 253 g/mol. The second-order valence-corrected chi connectivity index (χ2v) is 4.24. The van der Waals surface area contributed by atoms with E-state index in [1.165, 1.54) is 0 Å². The van der Waals surface area contributed by atoms with Gasteiger partial charge >= 0.3 is 0 Å².